The summed E-state index contributed by atoms with van der Waals surface area (Å²) in [7, 11) is 0. The van der Waals surface area contributed by atoms with Crippen molar-refractivity contribution >= 4 is 15.9 Å². The van der Waals surface area contributed by atoms with Crippen molar-refractivity contribution in [1.82, 2.24) is 0 Å². The number of hydrogen-bond donors (Lipinski definition) is 2. The number of aliphatic hydroxyl groups excluding tert-OH is 1. The van der Waals surface area contributed by atoms with E-state index in [1.807, 2.05) is 42.5 Å². The minimum atomic E-state index is -0.401. The fourth-order valence-electron chi connectivity index (χ4n) is 1.84. The van der Waals surface area contributed by atoms with Gasteiger partial charge in [-0.15, -0.1) is 0 Å². The molecule has 2 aromatic carbocycles. The van der Waals surface area contributed by atoms with Gasteiger partial charge in [0.2, 0.25) is 0 Å². The molecule has 2 aromatic rings. The fourth-order valence-corrected chi connectivity index (χ4v) is 2.10. The summed E-state index contributed by atoms with van der Waals surface area (Å²) in [4.78, 5) is 0. The molecular formula is C15H17BrNO+. The van der Waals surface area contributed by atoms with Crippen LogP contribution in [0.5, 0.6) is 0 Å². The minimum absolute atomic E-state index is 0.401. The Labute approximate surface area is 116 Å². The highest BCUT2D eigenvalue weighted by Crippen LogP contribution is 2.10. The van der Waals surface area contributed by atoms with E-state index in [2.05, 4.69) is 33.4 Å². The smallest absolute Gasteiger partial charge is 0.128 e. The maximum atomic E-state index is 10.0. The van der Waals surface area contributed by atoms with Crippen molar-refractivity contribution in [3.63, 3.8) is 0 Å². The molecule has 0 saturated heterocycles. The molecule has 3 heteroatoms. The number of halogens is 1. The number of nitrogens with two attached hydrogens (primary N) is 1. The third kappa shape index (κ3) is 3.95. The Kier molecular flexibility index (Phi) is 4.93. The predicted molar refractivity (Wildman–Crippen MR) is 76.0 cm³/mol. The van der Waals surface area contributed by atoms with Crippen molar-refractivity contribution in [1.29, 1.82) is 0 Å². The van der Waals surface area contributed by atoms with Crippen LogP contribution in [0.3, 0.4) is 0 Å². The number of aliphatic hydroxyl groups is 1. The van der Waals surface area contributed by atoms with Crippen molar-refractivity contribution in [3.8, 4) is 0 Å². The van der Waals surface area contributed by atoms with Gasteiger partial charge < -0.3 is 10.4 Å². The molecule has 0 amide bonds. The van der Waals surface area contributed by atoms with Gasteiger partial charge in [0.1, 0.15) is 19.2 Å². The number of quaternary nitrogens is 1. The Balaban J connectivity index is 1.80. The lowest BCUT2D eigenvalue weighted by molar-refractivity contribution is -0.677. The van der Waals surface area contributed by atoms with E-state index in [4.69, 9.17) is 0 Å². The molecule has 0 heterocycles. The standard InChI is InChI=1S/C15H16BrNO/c16-14-8-6-12(7-9-14)10-17-11-15(18)13-4-2-1-3-5-13/h1-9,15,17-18H,10-11H2/p+1/t15-/m1/s1. The van der Waals surface area contributed by atoms with Crippen LogP contribution in [-0.4, -0.2) is 11.7 Å². The van der Waals surface area contributed by atoms with Gasteiger partial charge in [-0.05, 0) is 17.7 Å². The van der Waals surface area contributed by atoms with Gasteiger partial charge in [0.05, 0.1) is 0 Å². The second-order valence-corrected chi connectivity index (χ2v) is 5.20. The normalized spacial score (nSPS) is 12.3. The molecule has 0 fully saturated rings. The molecule has 94 valence electrons. The summed E-state index contributed by atoms with van der Waals surface area (Å²) < 4.78 is 1.09. The summed E-state index contributed by atoms with van der Waals surface area (Å²) in [6.07, 6.45) is -0.401. The lowest BCUT2D eigenvalue weighted by Gasteiger charge is -2.09. The molecule has 0 saturated carbocycles. The molecule has 3 N–H and O–H groups in total. The zero-order valence-corrected chi connectivity index (χ0v) is 11.7. The lowest BCUT2D eigenvalue weighted by Crippen LogP contribution is -2.83. The van der Waals surface area contributed by atoms with Crippen molar-refractivity contribution in [2.24, 2.45) is 0 Å². The topological polar surface area (TPSA) is 36.8 Å². The maximum Gasteiger partial charge on any atom is 0.128 e. The zero-order chi connectivity index (χ0) is 12.8. The summed E-state index contributed by atoms with van der Waals surface area (Å²) in [6.45, 7) is 1.57. The molecular weight excluding hydrogens is 290 g/mol. The van der Waals surface area contributed by atoms with Gasteiger partial charge in [0, 0.05) is 10.0 Å². The predicted octanol–water partition coefficient (Wildman–Crippen LogP) is 2.25. The van der Waals surface area contributed by atoms with E-state index in [1.54, 1.807) is 0 Å². The summed E-state index contributed by atoms with van der Waals surface area (Å²) in [5.41, 5.74) is 2.24. The number of benzene rings is 2. The van der Waals surface area contributed by atoms with Gasteiger partial charge in [-0.2, -0.15) is 0 Å². The van der Waals surface area contributed by atoms with Crippen LogP contribution >= 0.6 is 15.9 Å². The first-order chi connectivity index (χ1) is 8.75. The van der Waals surface area contributed by atoms with E-state index >= 15 is 0 Å². The van der Waals surface area contributed by atoms with Crippen LogP contribution < -0.4 is 5.32 Å². The molecule has 0 aliphatic carbocycles. The van der Waals surface area contributed by atoms with E-state index < -0.39 is 6.10 Å². The number of hydrogen-bond acceptors (Lipinski definition) is 1. The van der Waals surface area contributed by atoms with Gasteiger partial charge in [0.15, 0.2) is 0 Å². The van der Waals surface area contributed by atoms with Crippen LogP contribution in [0.1, 0.15) is 17.2 Å². The van der Waals surface area contributed by atoms with Gasteiger partial charge in [-0.25, -0.2) is 0 Å². The number of rotatable bonds is 5. The average molecular weight is 307 g/mol. The van der Waals surface area contributed by atoms with E-state index in [0.717, 1.165) is 16.6 Å². The first-order valence-electron chi connectivity index (χ1n) is 6.05. The van der Waals surface area contributed by atoms with E-state index in [0.29, 0.717) is 6.54 Å². The summed E-state index contributed by atoms with van der Waals surface area (Å²) in [6, 6.07) is 18.0. The Hall–Kier alpha value is -1.16. The lowest BCUT2D eigenvalue weighted by atomic mass is 10.1. The Morgan fingerprint density at radius 3 is 2.33 bits per heavy atom. The second kappa shape index (κ2) is 6.69. The highest BCUT2D eigenvalue weighted by molar-refractivity contribution is 9.10. The molecule has 0 aliphatic heterocycles. The molecule has 0 aliphatic rings. The molecule has 0 unspecified atom stereocenters. The van der Waals surface area contributed by atoms with E-state index in [-0.39, 0.29) is 0 Å². The first kappa shape index (κ1) is 13.3. The highest BCUT2D eigenvalue weighted by Gasteiger charge is 2.08. The first-order valence-corrected chi connectivity index (χ1v) is 6.84. The Morgan fingerprint density at radius 2 is 1.67 bits per heavy atom. The van der Waals surface area contributed by atoms with E-state index in [1.165, 1.54) is 5.56 Å². The quantitative estimate of drug-likeness (QED) is 0.873. The molecule has 2 rings (SSSR count). The minimum Gasteiger partial charge on any atom is -0.382 e. The molecule has 0 radical (unpaired) electrons. The van der Waals surface area contributed by atoms with Crippen molar-refractivity contribution in [3.05, 3.63) is 70.2 Å². The summed E-state index contributed by atoms with van der Waals surface area (Å²) in [5, 5.41) is 12.1. The van der Waals surface area contributed by atoms with Gasteiger partial charge in [-0.3, -0.25) is 0 Å². The highest BCUT2D eigenvalue weighted by atomic mass is 79.9. The van der Waals surface area contributed by atoms with Crippen LogP contribution in [-0.2, 0) is 6.54 Å². The third-order valence-corrected chi connectivity index (χ3v) is 3.40. The average Bonchev–Trinajstić information content (AvgIpc) is 2.42. The van der Waals surface area contributed by atoms with Crippen LogP contribution in [0.2, 0.25) is 0 Å². The Bertz CT molecular complexity index is 470. The summed E-state index contributed by atoms with van der Waals surface area (Å²) in [5.74, 6) is 0. The van der Waals surface area contributed by atoms with Crippen molar-refractivity contribution < 1.29 is 10.4 Å². The summed E-state index contributed by atoms with van der Waals surface area (Å²) >= 11 is 3.42. The zero-order valence-electron chi connectivity index (χ0n) is 10.1. The maximum absolute atomic E-state index is 10.0. The molecule has 0 aromatic heterocycles. The molecule has 2 nitrogen and oxygen atoms in total. The van der Waals surface area contributed by atoms with Crippen LogP contribution in [0.4, 0.5) is 0 Å². The SMILES string of the molecule is O[C@H](C[NH2+]Cc1ccc(Br)cc1)c1ccccc1. The molecule has 18 heavy (non-hydrogen) atoms. The van der Waals surface area contributed by atoms with Gasteiger partial charge in [0.25, 0.3) is 0 Å². The van der Waals surface area contributed by atoms with Gasteiger partial charge >= 0.3 is 0 Å². The largest absolute Gasteiger partial charge is 0.382 e. The molecule has 0 spiro atoms. The second-order valence-electron chi connectivity index (χ2n) is 4.28. The monoisotopic (exact) mass is 306 g/mol. The molecule has 1 atom stereocenters. The third-order valence-electron chi connectivity index (χ3n) is 2.87. The van der Waals surface area contributed by atoms with Crippen LogP contribution in [0.15, 0.2) is 59.1 Å². The Morgan fingerprint density at radius 1 is 1.00 bits per heavy atom. The van der Waals surface area contributed by atoms with E-state index in [9.17, 15) is 5.11 Å². The van der Waals surface area contributed by atoms with Crippen LogP contribution in [0, 0.1) is 0 Å². The van der Waals surface area contributed by atoms with Gasteiger partial charge in [-0.1, -0.05) is 58.4 Å². The fraction of sp³-hybridized carbons (Fsp3) is 0.200. The van der Waals surface area contributed by atoms with Crippen molar-refractivity contribution in [2.75, 3.05) is 6.54 Å². The molecule has 0 bridgehead atoms. The van der Waals surface area contributed by atoms with Crippen molar-refractivity contribution in [2.45, 2.75) is 12.6 Å². The van der Waals surface area contributed by atoms with Crippen LogP contribution in [0.25, 0.3) is 0 Å².